The standard InChI is InChI=1S/C37H46O9/c1-9-28(40)45-34-31-21(3)26(39)20-25(36(31,6)7)33(43-23(5)38)32-22(4)27(18-19-37(32,8)35(34)46-29(41)10-2)44-30(42)17-16-24-14-12-11-13-15-24/h11-17,25,27,32-35H,4,9-10,18-20H2,1-3,5-8H3/b17-16+/t25-,27-,32-,33+,34+,35-,37+/m0/s1. The van der Waals surface area contributed by atoms with Crippen molar-refractivity contribution in [3.63, 3.8) is 0 Å². The molecule has 1 aromatic carbocycles. The zero-order valence-electron chi connectivity index (χ0n) is 27.9. The monoisotopic (exact) mass is 634 g/mol. The molecular formula is C37H46O9. The predicted octanol–water partition coefficient (Wildman–Crippen LogP) is 6.10. The van der Waals surface area contributed by atoms with Crippen LogP contribution >= 0.6 is 0 Å². The Morgan fingerprint density at radius 2 is 1.59 bits per heavy atom. The van der Waals surface area contributed by atoms with Crippen molar-refractivity contribution in [2.75, 3.05) is 0 Å². The minimum absolute atomic E-state index is 0.0664. The van der Waals surface area contributed by atoms with Crippen molar-refractivity contribution in [3.05, 3.63) is 65.3 Å². The first-order valence-electron chi connectivity index (χ1n) is 16.1. The zero-order chi connectivity index (χ0) is 34.0. The van der Waals surface area contributed by atoms with Gasteiger partial charge in [0, 0.05) is 49.5 Å². The lowest BCUT2D eigenvalue weighted by atomic mass is 9.49. The maximum Gasteiger partial charge on any atom is 0.331 e. The number of esters is 4. The number of ketones is 1. The maximum atomic E-state index is 13.7. The van der Waals surface area contributed by atoms with Crippen molar-refractivity contribution >= 4 is 35.7 Å². The molecule has 0 aliphatic heterocycles. The summed E-state index contributed by atoms with van der Waals surface area (Å²) in [6.07, 6.45) is 0.166. The topological polar surface area (TPSA) is 122 Å². The first-order chi connectivity index (χ1) is 21.6. The fourth-order valence-corrected chi connectivity index (χ4v) is 7.74. The van der Waals surface area contributed by atoms with Crippen molar-refractivity contribution < 1.29 is 42.9 Å². The summed E-state index contributed by atoms with van der Waals surface area (Å²) >= 11 is 0. The summed E-state index contributed by atoms with van der Waals surface area (Å²) in [7, 11) is 0. The number of Topliss-reactive ketones (excluding diaryl/α,β-unsaturated/α-hetero) is 1. The average molecular weight is 635 g/mol. The second-order valence-corrected chi connectivity index (χ2v) is 13.4. The molecule has 0 N–H and O–H groups in total. The molecule has 1 aromatic rings. The van der Waals surface area contributed by atoms with E-state index < -0.39 is 71.0 Å². The lowest BCUT2D eigenvalue weighted by molar-refractivity contribution is -0.204. The van der Waals surface area contributed by atoms with E-state index in [4.69, 9.17) is 18.9 Å². The fourth-order valence-electron chi connectivity index (χ4n) is 7.74. The van der Waals surface area contributed by atoms with Gasteiger partial charge in [0.25, 0.3) is 0 Å². The third-order valence-corrected chi connectivity index (χ3v) is 10.1. The first-order valence-corrected chi connectivity index (χ1v) is 16.1. The number of carbonyl (C=O) groups excluding carboxylic acids is 5. The molecule has 0 unspecified atom stereocenters. The number of hydrogen-bond donors (Lipinski definition) is 0. The molecule has 248 valence electrons. The highest BCUT2D eigenvalue weighted by Crippen LogP contribution is 2.60. The number of carbonyl (C=O) groups is 5. The Balaban J connectivity index is 1.88. The molecule has 0 spiro atoms. The summed E-state index contributed by atoms with van der Waals surface area (Å²) in [5, 5.41) is 0. The molecule has 0 aromatic heterocycles. The van der Waals surface area contributed by atoms with Crippen molar-refractivity contribution in [2.24, 2.45) is 22.7 Å². The highest BCUT2D eigenvalue weighted by molar-refractivity contribution is 5.97. The Kier molecular flexibility index (Phi) is 10.4. The minimum Gasteiger partial charge on any atom is -0.462 e. The van der Waals surface area contributed by atoms with Gasteiger partial charge in [-0.05, 0) is 53.5 Å². The van der Waals surface area contributed by atoms with E-state index in [-0.39, 0.29) is 25.0 Å². The van der Waals surface area contributed by atoms with Crippen LogP contribution < -0.4 is 0 Å². The lowest BCUT2D eigenvalue weighted by Crippen LogP contribution is -2.64. The van der Waals surface area contributed by atoms with Gasteiger partial charge < -0.3 is 18.9 Å². The highest BCUT2D eigenvalue weighted by Gasteiger charge is 2.64. The number of fused-ring (bicyclic) bond motifs is 3. The molecular weight excluding hydrogens is 588 g/mol. The molecule has 0 heterocycles. The van der Waals surface area contributed by atoms with Gasteiger partial charge in [-0.15, -0.1) is 0 Å². The summed E-state index contributed by atoms with van der Waals surface area (Å²) < 4.78 is 24.5. The van der Waals surface area contributed by atoms with Crippen LogP contribution in [0.25, 0.3) is 6.08 Å². The molecule has 9 heteroatoms. The molecule has 0 amide bonds. The molecule has 0 saturated heterocycles. The molecule has 2 bridgehead atoms. The van der Waals surface area contributed by atoms with Crippen LogP contribution in [0.2, 0.25) is 0 Å². The van der Waals surface area contributed by atoms with Crippen molar-refractivity contribution in [1.29, 1.82) is 0 Å². The lowest BCUT2D eigenvalue weighted by Gasteiger charge is -2.59. The van der Waals surface area contributed by atoms with Crippen LogP contribution in [0.3, 0.4) is 0 Å². The molecule has 0 radical (unpaired) electrons. The fraction of sp³-hybridized carbons (Fsp3) is 0.541. The SMILES string of the molecule is C=C1[C@@H](OC(=O)/C=C/c2ccccc2)CC[C@@]2(C)[C@@H](OC(=O)CC)[C@H](OC(=O)CC)C3=C(C)C(=O)C[C@@H]([C@@H](OC(C)=O)[C@H]12)C3(C)C. The maximum absolute atomic E-state index is 13.7. The first kappa shape index (κ1) is 34.9. The van der Waals surface area contributed by atoms with Crippen LogP contribution in [0.4, 0.5) is 0 Å². The third kappa shape index (κ3) is 6.74. The molecule has 9 nitrogen and oxygen atoms in total. The van der Waals surface area contributed by atoms with Crippen LogP contribution in [0, 0.1) is 22.7 Å². The van der Waals surface area contributed by atoms with Crippen LogP contribution in [0.5, 0.6) is 0 Å². The predicted molar refractivity (Wildman–Crippen MR) is 171 cm³/mol. The molecule has 3 aliphatic carbocycles. The molecule has 4 rings (SSSR count). The van der Waals surface area contributed by atoms with E-state index in [9.17, 15) is 24.0 Å². The van der Waals surface area contributed by atoms with Gasteiger partial charge in [0.2, 0.25) is 0 Å². The minimum atomic E-state index is -1.07. The number of ether oxygens (including phenoxy) is 4. The average Bonchev–Trinajstić information content (AvgIpc) is 3.00. The van der Waals surface area contributed by atoms with E-state index >= 15 is 0 Å². The largest absolute Gasteiger partial charge is 0.462 e. The second-order valence-electron chi connectivity index (χ2n) is 13.4. The van der Waals surface area contributed by atoms with E-state index in [1.807, 2.05) is 51.1 Å². The van der Waals surface area contributed by atoms with E-state index in [2.05, 4.69) is 6.58 Å². The van der Waals surface area contributed by atoms with Gasteiger partial charge in [0.15, 0.2) is 11.9 Å². The van der Waals surface area contributed by atoms with Crippen molar-refractivity contribution in [1.82, 2.24) is 0 Å². The molecule has 7 atom stereocenters. The van der Waals surface area contributed by atoms with Gasteiger partial charge in [0.1, 0.15) is 18.3 Å². The van der Waals surface area contributed by atoms with Crippen LogP contribution in [-0.4, -0.2) is 54.1 Å². The number of allylic oxidation sites excluding steroid dienone is 1. The Morgan fingerprint density at radius 1 is 0.957 bits per heavy atom. The third-order valence-electron chi connectivity index (χ3n) is 10.1. The summed E-state index contributed by atoms with van der Waals surface area (Å²) in [4.78, 5) is 65.5. The van der Waals surface area contributed by atoms with E-state index in [1.54, 1.807) is 26.8 Å². The van der Waals surface area contributed by atoms with Gasteiger partial charge in [-0.3, -0.25) is 19.2 Å². The Bertz CT molecular complexity index is 1450. The van der Waals surface area contributed by atoms with E-state index in [1.165, 1.54) is 13.0 Å². The van der Waals surface area contributed by atoms with Gasteiger partial charge in [0.05, 0.1) is 0 Å². The zero-order valence-corrected chi connectivity index (χ0v) is 27.9. The summed E-state index contributed by atoms with van der Waals surface area (Å²) in [5.41, 5.74) is 0.495. The Labute approximate surface area is 271 Å². The van der Waals surface area contributed by atoms with Gasteiger partial charge in [-0.25, -0.2) is 4.79 Å². The van der Waals surface area contributed by atoms with E-state index in [0.29, 0.717) is 29.6 Å². The Morgan fingerprint density at radius 3 is 2.20 bits per heavy atom. The number of rotatable bonds is 8. The van der Waals surface area contributed by atoms with Crippen LogP contribution in [-0.2, 0) is 42.9 Å². The quantitative estimate of drug-likeness (QED) is 0.144. The highest BCUT2D eigenvalue weighted by atomic mass is 16.6. The molecule has 3 aliphatic rings. The Hall–Kier alpha value is -4.01. The molecule has 2 saturated carbocycles. The van der Waals surface area contributed by atoms with Gasteiger partial charge in [-0.2, -0.15) is 0 Å². The van der Waals surface area contributed by atoms with Crippen LogP contribution in [0.1, 0.15) is 86.1 Å². The van der Waals surface area contributed by atoms with Gasteiger partial charge in [-0.1, -0.05) is 71.5 Å². The molecule has 2 fully saturated rings. The van der Waals surface area contributed by atoms with Crippen molar-refractivity contribution in [3.8, 4) is 0 Å². The number of hydrogen-bond acceptors (Lipinski definition) is 9. The normalized spacial score (nSPS) is 30.5. The second kappa shape index (κ2) is 13.8. The van der Waals surface area contributed by atoms with Crippen LogP contribution in [0.15, 0.2) is 59.7 Å². The van der Waals surface area contributed by atoms with E-state index in [0.717, 1.165) is 5.56 Å². The van der Waals surface area contributed by atoms with Gasteiger partial charge >= 0.3 is 23.9 Å². The van der Waals surface area contributed by atoms with Crippen molar-refractivity contribution in [2.45, 2.75) is 105 Å². The molecule has 46 heavy (non-hydrogen) atoms. The number of benzene rings is 1. The summed E-state index contributed by atoms with van der Waals surface area (Å²) in [6.45, 7) is 16.6. The summed E-state index contributed by atoms with van der Waals surface area (Å²) in [5.74, 6) is -3.56. The summed E-state index contributed by atoms with van der Waals surface area (Å²) in [6, 6.07) is 9.34. The smallest absolute Gasteiger partial charge is 0.331 e.